The maximum absolute atomic E-state index is 13.3. The largest absolute Gasteiger partial charge is 0.371 e. The molecular formula is C14H21FN2S. The van der Waals surface area contributed by atoms with Crippen LogP contribution in [0.15, 0.2) is 18.2 Å². The van der Waals surface area contributed by atoms with Crippen molar-refractivity contribution in [2.45, 2.75) is 24.5 Å². The summed E-state index contributed by atoms with van der Waals surface area (Å²) in [4.78, 5) is 2.37. The minimum atomic E-state index is -0.166. The van der Waals surface area contributed by atoms with Crippen molar-refractivity contribution in [3.8, 4) is 0 Å². The van der Waals surface area contributed by atoms with Crippen molar-refractivity contribution < 1.29 is 4.39 Å². The molecule has 2 nitrogen and oxygen atoms in total. The third-order valence-electron chi connectivity index (χ3n) is 3.57. The average Bonchev–Trinajstić information content (AvgIpc) is 2.40. The highest BCUT2D eigenvalue weighted by Crippen LogP contribution is 2.28. The number of hydrogen-bond donors (Lipinski definition) is 1. The van der Waals surface area contributed by atoms with Crippen molar-refractivity contribution in [3.05, 3.63) is 29.6 Å². The summed E-state index contributed by atoms with van der Waals surface area (Å²) in [5.41, 5.74) is 7.82. The minimum absolute atomic E-state index is 0.166. The molecule has 0 unspecified atom stereocenters. The molecule has 2 rings (SSSR count). The monoisotopic (exact) mass is 268 g/mol. The smallest absolute Gasteiger partial charge is 0.123 e. The number of thioether (sulfide) groups is 1. The molecule has 1 aliphatic rings. The molecule has 2 N–H and O–H groups in total. The summed E-state index contributed by atoms with van der Waals surface area (Å²) in [6.07, 6.45) is 5.34. The van der Waals surface area contributed by atoms with Gasteiger partial charge in [0.1, 0.15) is 5.82 Å². The van der Waals surface area contributed by atoms with Gasteiger partial charge < -0.3 is 10.6 Å². The van der Waals surface area contributed by atoms with E-state index in [1.54, 1.807) is 12.1 Å². The second kappa shape index (κ2) is 6.43. The molecule has 1 saturated heterocycles. The molecule has 0 atom stereocenters. The summed E-state index contributed by atoms with van der Waals surface area (Å²) in [7, 11) is 0. The van der Waals surface area contributed by atoms with Crippen LogP contribution in [0, 0.1) is 5.82 Å². The molecule has 1 heterocycles. The van der Waals surface area contributed by atoms with Gasteiger partial charge in [-0.1, -0.05) is 0 Å². The lowest BCUT2D eigenvalue weighted by atomic mass is 10.0. The van der Waals surface area contributed by atoms with E-state index in [-0.39, 0.29) is 5.82 Å². The van der Waals surface area contributed by atoms with Gasteiger partial charge in [-0.25, -0.2) is 4.39 Å². The predicted octanol–water partition coefficient (Wildman–Crippen LogP) is 2.66. The van der Waals surface area contributed by atoms with Gasteiger partial charge in [0.05, 0.1) is 0 Å². The van der Waals surface area contributed by atoms with Crippen molar-refractivity contribution in [2.24, 2.45) is 5.73 Å². The van der Waals surface area contributed by atoms with E-state index in [4.69, 9.17) is 5.73 Å². The quantitative estimate of drug-likeness (QED) is 0.910. The zero-order chi connectivity index (χ0) is 13.0. The van der Waals surface area contributed by atoms with E-state index in [2.05, 4.69) is 11.2 Å². The van der Waals surface area contributed by atoms with Crippen molar-refractivity contribution >= 4 is 17.4 Å². The zero-order valence-electron chi connectivity index (χ0n) is 10.9. The van der Waals surface area contributed by atoms with Gasteiger partial charge in [0, 0.05) is 24.0 Å². The van der Waals surface area contributed by atoms with E-state index in [1.807, 2.05) is 17.8 Å². The molecule has 0 aromatic heterocycles. The van der Waals surface area contributed by atoms with Crippen molar-refractivity contribution in [3.63, 3.8) is 0 Å². The standard InChI is InChI=1S/C14H21FN2S/c1-18-13-5-8-17(9-6-13)14-3-2-12(15)10-11(14)4-7-16/h2-3,10,13H,4-9,16H2,1H3. The topological polar surface area (TPSA) is 29.3 Å². The van der Waals surface area contributed by atoms with Crippen LogP contribution in [0.3, 0.4) is 0 Å². The SMILES string of the molecule is CSC1CCN(c2ccc(F)cc2CCN)CC1. The molecule has 4 heteroatoms. The van der Waals surface area contributed by atoms with Crippen LogP contribution in [0.1, 0.15) is 18.4 Å². The van der Waals surface area contributed by atoms with E-state index >= 15 is 0 Å². The number of hydrogen-bond acceptors (Lipinski definition) is 3. The lowest BCUT2D eigenvalue weighted by molar-refractivity contribution is 0.587. The molecule has 1 aromatic rings. The number of piperidine rings is 1. The maximum atomic E-state index is 13.3. The van der Waals surface area contributed by atoms with Crippen LogP contribution in [0.4, 0.5) is 10.1 Å². The van der Waals surface area contributed by atoms with E-state index < -0.39 is 0 Å². The van der Waals surface area contributed by atoms with Crippen LogP contribution in [0.2, 0.25) is 0 Å². The van der Waals surface area contributed by atoms with Gasteiger partial charge in [-0.05, 0) is 55.8 Å². The normalized spacial score (nSPS) is 17.2. The highest BCUT2D eigenvalue weighted by molar-refractivity contribution is 7.99. The van der Waals surface area contributed by atoms with Crippen LogP contribution in [-0.2, 0) is 6.42 Å². The van der Waals surface area contributed by atoms with Gasteiger partial charge in [-0.2, -0.15) is 11.8 Å². The first-order valence-electron chi connectivity index (χ1n) is 6.51. The van der Waals surface area contributed by atoms with Crippen molar-refractivity contribution in [1.29, 1.82) is 0 Å². The third-order valence-corrected chi connectivity index (χ3v) is 4.71. The van der Waals surface area contributed by atoms with Crippen molar-refractivity contribution in [1.82, 2.24) is 0 Å². The van der Waals surface area contributed by atoms with Crippen LogP contribution >= 0.6 is 11.8 Å². The number of anilines is 1. The predicted molar refractivity (Wildman–Crippen MR) is 77.9 cm³/mol. The first kappa shape index (κ1) is 13.7. The Morgan fingerprint density at radius 3 is 2.72 bits per heavy atom. The molecule has 1 fully saturated rings. The highest BCUT2D eigenvalue weighted by Gasteiger charge is 2.20. The summed E-state index contributed by atoms with van der Waals surface area (Å²) >= 11 is 1.95. The van der Waals surface area contributed by atoms with Crippen LogP contribution in [-0.4, -0.2) is 31.1 Å². The fourth-order valence-corrected chi connectivity index (χ4v) is 3.23. The van der Waals surface area contributed by atoms with Crippen LogP contribution in [0.5, 0.6) is 0 Å². The summed E-state index contributed by atoms with van der Waals surface area (Å²) in [6.45, 7) is 2.70. The fraction of sp³-hybridized carbons (Fsp3) is 0.571. The van der Waals surface area contributed by atoms with Gasteiger partial charge in [0.25, 0.3) is 0 Å². The molecule has 0 amide bonds. The average molecular weight is 268 g/mol. The van der Waals surface area contributed by atoms with E-state index in [0.29, 0.717) is 6.54 Å². The zero-order valence-corrected chi connectivity index (χ0v) is 11.7. The number of halogens is 1. The van der Waals surface area contributed by atoms with Gasteiger partial charge in [-0.15, -0.1) is 0 Å². The van der Waals surface area contributed by atoms with Crippen molar-refractivity contribution in [2.75, 3.05) is 30.8 Å². The third kappa shape index (κ3) is 3.18. The summed E-state index contributed by atoms with van der Waals surface area (Å²) < 4.78 is 13.3. The molecule has 0 spiro atoms. The lowest BCUT2D eigenvalue weighted by Gasteiger charge is -2.34. The summed E-state index contributed by atoms with van der Waals surface area (Å²) in [5.74, 6) is -0.166. The second-order valence-corrected chi connectivity index (χ2v) is 5.87. The second-order valence-electron chi connectivity index (χ2n) is 4.73. The number of nitrogens with two attached hydrogens (primary N) is 1. The fourth-order valence-electron chi connectivity index (χ4n) is 2.55. The first-order chi connectivity index (χ1) is 8.74. The number of rotatable bonds is 4. The first-order valence-corrected chi connectivity index (χ1v) is 7.79. The molecule has 18 heavy (non-hydrogen) atoms. The van der Waals surface area contributed by atoms with Gasteiger partial charge >= 0.3 is 0 Å². The molecular weight excluding hydrogens is 247 g/mol. The lowest BCUT2D eigenvalue weighted by Crippen LogP contribution is -2.35. The Hall–Kier alpha value is -0.740. The van der Waals surface area contributed by atoms with Crippen LogP contribution < -0.4 is 10.6 Å². The summed E-state index contributed by atoms with van der Waals surface area (Å²) in [6, 6.07) is 5.08. The number of benzene rings is 1. The molecule has 1 aliphatic heterocycles. The Labute approximate surface area is 113 Å². The summed E-state index contributed by atoms with van der Waals surface area (Å²) in [5, 5.41) is 0.777. The Bertz CT molecular complexity index is 389. The Morgan fingerprint density at radius 1 is 1.39 bits per heavy atom. The Balaban J connectivity index is 2.13. The van der Waals surface area contributed by atoms with Gasteiger partial charge in [0.15, 0.2) is 0 Å². The van der Waals surface area contributed by atoms with E-state index in [1.165, 1.54) is 18.5 Å². The van der Waals surface area contributed by atoms with Gasteiger partial charge in [-0.3, -0.25) is 0 Å². The molecule has 0 radical (unpaired) electrons. The molecule has 0 bridgehead atoms. The highest BCUT2D eigenvalue weighted by atomic mass is 32.2. The molecule has 1 aromatic carbocycles. The minimum Gasteiger partial charge on any atom is -0.371 e. The van der Waals surface area contributed by atoms with E-state index in [9.17, 15) is 4.39 Å². The van der Waals surface area contributed by atoms with Gasteiger partial charge in [0.2, 0.25) is 0 Å². The Morgan fingerprint density at radius 2 is 2.11 bits per heavy atom. The molecule has 0 saturated carbocycles. The maximum Gasteiger partial charge on any atom is 0.123 e. The molecule has 0 aliphatic carbocycles. The Kier molecular flexibility index (Phi) is 4.89. The number of nitrogens with zero attached hydrogens (tertiary/aromatic N) is 1. The van der Waals surface area contributed by atoms with Crippen LogP contribution in [0.25, 0.3) is 0 Å². The molecule has 100 valence electrons. The van der Waals surface area contributed by atoms with E-state index in [0.717, 1.165) is 30.3 Å².